The van der Waals surface area contributed by atoms with Crippen molar-refractivity contribution in [2.45, 2.75) is 45.1 Å². The van der Waals surface area contributed by atoms with E-state index in [9.17, 15) is 4.79 Å². The van der Waals surface area contributed by atoms with Crippen LogP contribution in [0.2, 0.25) is 0 Å². The highest BCUT2D eigenvalue weighted by molar-refractivity contribution is 6.06. The first-order valence-corrected chi connectivity index (χ1v) is 8.83. The number of nitrogens with one attached hydrogen (secondary N) is 1. The van der Waals surface area contributed by atoms with Crippen molar-refractivity contribution in [3.8, 4) is 0 Å². The number of likely N-dealkylation sites (tertiary alicyclic amines) is 2. The van der Waals surface area contributed by atoms with E-state index in [1.165, 1.54) is 0 Å². The largest absolute Gasteiger partial charge is 0.333 e. The molecule has 2 aliphatic heterocycles. The molecule has 0 aliphatic carbocycles. The number of pyridine rings is 1. The van der Waals surface area contributed by atoms with Gasteiger partial charge in [0.15, 0.2) is 5.65 Å². The minimum absolute atomic E-state index is 0.0464. The lowest BCUT2D eigenvalue weighted by atomic mass is 9.84. The summed E-state index contributed by atoms with van der Waals surface area (Å²) in [6.45, 7) is 6.88. The van der Waals surface area contributed by atoms with Gasteiger partial charge in [0.2, 0.25) is 0 Å². The molecular weight excluding hydrogens is 302 g/mol. The van der Waals surface area contributed by atoms with Gasteiger partial charge in [-0.2, -0.15) is 5.10 Å². The van der Waals surface area contributed by atoms with E-state index in [0.29, 0.717) is 5.65 Å². The Hall–Kier alpha value is -1.95. The monoisotopic (exact) mass is 327 g/mol. The molecule has 24 heavy (non-hydrogen) atoms. The van der Waals surface area contributed by atoms with E-state index in [4.69, 9.17) is 0 Å². The van der Waals surface area contributed by atoms with Gasteiger partial charge in [-0.3, -0.25) is 9.89 Å². The second-order valence-electron chi connectivity index (χ2n) is 7.45. The number of nitrogens with zero attached hydrogens (tertiary/aromatic N) is 4. The van der Waals surface area contributed by atoms with Crippen molar-refractivity contribution in [3.05, 3.63) is 23.0 Å². The topological polar surface area (TPSA) is 65.1 Å². The molecule has 0 aromatic carbocycles. The first-order valence-electron chi connectivity index (χ1n) is 8.83. The molecule has 0 radical (unpaired) electrons. The Balaban J connectivity index is 1.75. The van der Waals surface area contributed by atoms with Crippen molar-refractivity contribution in [2.75, 3.05) is 26.7 Å². The lowest BCUT2D eigenvalue weighted by Gasteiger charge is -2.44. The molecule has 0 bridgehead atoms. The predicted octanol–water partition coefficient (Wildman–Crippen LogP) is 2.28. The molecule has 4 rings (SSSR count). The fourth-order valence-electron chi connectivity index (χ4n) is 4.42. The summed E-state index contributed by atoms with van der Waals surface area (Å²) < 4.78 is 0. The molecule has 2 aliphatic rings. The maximum atomic E-state index is 13.5. The van der Waals surface area contributed by atoms with Crippen LogP contribution in [0.15, 0.2) is 6.07 Å². The number of carbonyl (C=O) groups is 1. The first kappa shape index (κ1) is 15.6. The summed E-state index contributed by atoms with van der Waals surface area (Å²) >= 11 is 0. The smallest absolute Gasteiger partial charge is 0.255 e. The minimum atomic E-state index is 0.0464. The van der Waals surface area contributed by atoms with Crippen molar-refractivity contribution in [2.24, 2.45) is 0 Å². The summed E-state index contributed by atoms with van der Waals surface area (Å²) in [5.41, 5.74) is 3.20. The zero-order valence-corrected chi connectivity index (χ0v) is 14.7. The van der Waals surface area contributed by atoms with Crippen molar-refractivity contribution >= 4 is 16.9 Å². The van der Waals surface area contributed by atoms with E-state index in [-0.39, 0.29) is 11.4 Å². The summed E-state index contributed by atoms with van der Waals surface area (Å²) in [4.78, 5) is 22.4. The SMILES string of the molecule is Cc1cc(C(=O)N2CCCC23CCN(C)CC3)c2c(C)[nH]nc2n1. The third kappa shape index (κ3) is 2.32. The van der Waals surface area contributed by atoms with Crippen molar-refractivity contribution < 1.29 is 4.79 Å². The van der Waals surface area contributed by atoms with Gasteiger partial charge in [0.25, 0.3) is 5.91 Å². The molecule has 1 amide bonds. The van der Waals surface area contributed by atoms with Crippen LogP contribution in [0, 0.1) is 13.8 Å². The zero-order valence-electron chi connectivity index (χ0n) is 14.7. The summed E-state index contributed by atoms with van der Waals surface area (Å²) in [5, 5.41) is 8.10. The fourth-order valence-corrected chi connectivity index (χ4v) is 4.42. The zero-order chi connectivity index (χ0) is 16.9. The Morgan fingerprint density at radius 3 is 2.71 bits per heavy atom. The van der Waals surface area contributed by atoms with E-state index >= 15 is 0 Å². The Bertz CT molecular complexity index is 788. The number of aromatic amines is 1. The molecule has 0 unspecified atom stereocenters. The van der Waals surface area contributed by atoms with Crippen LogP contribution in [0.5, 0.6) is 0 Å². The molecule has 2 saturated heterocycles. The normalized spacial score (nSPS) is 21.0. The molecule has 2 aromatic heterocycles. The number of fused-ring (bicyclic) bond motifs is 1. The molecular formula is C18H25N5O. The van der Waals surface area contributed by atoms with Gasteiger partial charge in [0.05, 0.1) is 10.9 Å². The van der Waals surface area contributed by atoms with Gasteiger partial charge in [0, 0.05) is 36.6 Å². The molecule has 0 saturated carbocycles. The average Bonchev–Trinajstić information content (AvgIpc) is 3.13. The number of aromatic nitrogens is 3. The molecule has 6 nitrogen and oxygen atoms in total. The molecule has 2 fully saturated rings. The Morgan fingerprint density at radius 1 is 1.21 bits per heavy atom. The van der Waals surface area contributed by atoms with Crippen molar-refractivity contribution in [1.29, 1.82) is 0 Å². The summed E-state index contributed by atoms with van der Waals surface area (Å²) in [6, 6.07) is 1.92. The maximum Gasteiger partial charge on any atom is 0.255 e. The van der Waals surface area contributed by atoms with Crippen molar-refractivity contribution in [1.82, 2.24) is 25.0 Å². The van der Waals surface area contributed by atoms with Gasteiger partial charge < -0.3 is 9.80 Å². The third-order valence-corrected chi connectivity index (χ3v) is 5.82. The molecule has 0 atom stereocenters. The van der Waals surface area contributed by atoms with Gasteiger partial charge >= 0.3 is 0 Å². The van der Waals surface area contributed by atoms with Crippen LogP contribution in [-0.2, 0) is 0 Å². The number of hydrogen-bond donors (Lipinski definition) is 1. The highest BCUT2D eigenvalue weighted by atomic mass is 16.2. The molecule has 1 N–H and O–H groups in total. The van der Waals surface area contributed by atoms with Gasteiger partial charge in [-0.25, -0.2) is 4.98 Å². The highest BCUT2D eigenvalue weighted by Gasteiger charge is 2.45. The number of rotatable bonds is 1. The number of carbonyl (C=O) groups excluding carboxylic acids is 1. The van der Waals surface area contributed by atoms with Gasteiger partial charge in [-0.05, 0) is 52.6 Å². The molecule has 128 valence electrons. The Labute approximate surface area is 142 Å². The molecule has 1 spiro atoms. The molecule has 6 heteroatoms. The van der Waals surface area contributed by atoms with E-state index < -0.39 is 0 Å². The van der Waals surface area contributed by atoms with E-state index in [1.807, 2.05) is 19.9 Å². The minimum Gasteiger partial charge on any atom is -0.333 e. The Morgan fingerprint density at radius 2 is 1.96 bits per heavy atom. The number of hydrogen-bond acceptors (Lipinski definition) is 4. The number of amides is 1. The quantitative estimate of drug-likeness (QED) is 0.873. The van der Waals surface area contributed by atoms with Crippen molar-refractivity contribution in [3.63, 3.8) is 0 Å². The van der Waals surface area contributed by atoms with E-state index in [1.54, 1.807) is 0 Å². The van der Waals surface area contributed by atoms with E-state index in [0.717, 1.165) is 67.7 Å². The summed E-state index contributed by atoms with van der Waals surface area (Å²) in [5.74, 6) is 0.150. The second-order valence-corrected chi connectivity index (χ2v) is 7.45. The van der Waals surface area contributed by atoms with Crippen LogP contribution in [0.4, 0.5) is 0 Å². The molecule has 2 aromatic rings. The Kier molecular flexibility index (Phi) is 3.60. The van der Waals surface area contributed by atoms with Crippen LogP contribution in [-0.4, -0.2) is 63.1 Å². The van der Waals surface area contributed by atoms with Crippen LogP contribution >= 0.6 is 0 Å². The average molecular weight is 327 g/mol. The van der Waals surface area contributed by atoms with Crippen LogP contribution in [0.1, 0.15) is 47.4 Å². The lowest BCUT2D eigenvalue weighted by Crippen LogP contribution is -2.53. The van der Waals surface area contributed by atoms with Crippen LogP contribution in [0.3, 0.4) is 0 Å². The lowest BCUT2D eigenvalue weighted by molar-refractivity contribution is 0.0410. The first-order chi connectivity index (χ1) is 11.5. The second kappa shape index (κ2) is 5.55. The standard InChI is InChI=1S/C18H25N5O/c1-12-11-14(15-13(2)20-21-16(15)19-12)17(24)23-8-4-5-18(23)6-9-22(3)10-7-18/h11H,4-10H2,1-3H3,(H,19,20,21). The van der Waals surface area contributed by atoms with Gasteiger partial charge in [0.1, 0.15) is 0 Å². The van der Waals surface area contributed by atoms with E-state index in [2.05, 4.69) is 32.0 Å². The predicted molar refractivity (Wildman–Crippen MR) is 93.1 cm³/mol. The molecule has 4 heterocycles. The number of H-pyrrole nitrogens is 1. The fraction of sp³-hybridized carbons (Fsp3) is 0.611. The summed E-state index contributed by atoms with van der Waals surface area (Å²) in [6.07, 6.45) is 4.39. The maximum absolute atomic E-state index is 13.5. The van der Waals surface area contributed by atoms with Gasteiger partial charge in [-0.15, -0.1) is 0 Å². The summed E-state index contributed by atoms with van der Waals surface area (Å²) in [7, 11) is 2.17. The third-order valence-electron chi connectivity index (χ3n) is 5.82. The number of aryl methyl sites for hydroxylation is 2. The van der Waals surface area contributed by atoms with Crippen LogP contribution in [0.25, 0.3) is 11.0 Å². The highest BCUT2D eigenvalue weighted by Crippen LogP contribution is 2.39. The van der Waals surface area contributed by atoms with Gasteiger partial charge in [-0.1, -0.05) is 0 Å². The number of piperidine rings is 1. The van der Waals surface area contributed by atoms with Crippen LogP contribution < -0.4 is 0 Å².